The highest BCUT2D eigenvalue weighted by Gasteiger charge is 2.38. The van der Waals surface area contributed by atoms with Gasteiger partial charge in [0.15, 0.2) is 5.96 Å². The predicted molar refractivity (Wildman–Crippen MR) is 136 cm³/mol. The van der Waals surface area contributed by atoms with Crippen LogP contribution >= 0.6 is 27.5 Å². The molecule has 3 N–H and O–H groups in total. The number of amides is 1. The van der Waals surface area contributed by atoms with E-state index >= 15 is 0 Å². The number of nitrogens with two attached hydrogens (primary N) is 1. The number of benzene rings is 2. The fourth-order valence-corrected chi connectivity index (χ4v) is 5.78. The molecule has 6 nitrogen and oxygen atoms in total. The van der Waals surface area contributed by atoms with E-state index in [-0.39, 0.29) is 17.9 Å². The molecular formula is C25H30BrClN4O2. The Hall–Kier alpha value is -2.09. The number of hydrogen-bond donors (Lipinski definition) is 2. The number of fused-ring (bicyclic) bond motifs is 3. The quantitative estimate of drug-likeness (QED) is 0.425. The molecule has 2 aromatic rings. The molecule has 3 aliphatic rings. The van der Waals surface area contributed by atoms with E-state index in [0.717, 1.165) is 34.3 Å². The molecule has 33 heavy (non-hydrogen) atoms. The lowest BCUT2D eigenvalue weighted by Crippen LogP contribution is -2.52. The Morgan fingerprint density at radius 2 is 2.12 bits per heavy atom. The molecule has 3 fully saturated rings. The minimum absolute atomic E-state index is 0.170. The van der Waals surface area contributed by atoms with Gasteiger partial charge < -0.3 is 15.4 Å². The van der Waals surface area contributed by atoms with Gasteiger partial charge in [0.1, 0.15) is 5.75 Å². The summed E-state index contributed by atoms with van der Waals surface area (Å²) < 4.78 is 6.45. The third-order valence-electron chi connectivity index (χ3n) is 6.87. The van der Waals surface area contributed by atoms with E-state index in [1.54, 1.807) is 25.3 Å². The average molecular weight is 534 g/mol. The zero-order valence-corrected chi connectivity index (χ0v) is 21.3. The molecular weight excluding hydrogens is 504 g/mol. The van der Waals surface area contributed by atoms with Crippen molar-refractivity contribution in [3.05, 3.63) is 62.6 Å². The van der Waals surface area contributed by atoms with Crippen LogP contribution in [0.3, 0.4) is 0 Å². The smallest absolute Gasteiger partial charge is 0.258 e. The van der Waals surface area contributed by atoms with Gasteiger partial charge in [0.2, 0.25) is 0 Å². The molecule has 2 bridgehead atoms. The van der Waals surface area contributed by atoms with E-state index in [1.807, 2.05) is 18.2 Å². The van der Waals surface area contributed by atoms with Crippen molar-refractivity contribution in [2.75, 3.05) is 20.7 Å². The number of carbonyl (C=O) groups is 1. The number of halogens is 2. The van der Waals surface area contributed by atoms with Crippen LogP contribution in [0, 0.1) is 5.92 Å². The normalized spacial score (nSPS) is 22.9. The highest BCUT2D eigenvalue weighted by Crippen LogP contribution is 2.36. The lowest BCUT2D eigenvalue weighted by Gasteiger charge is -2.46. The van der Waals surface area contributed by atoms with Crippen molar-refractivity contribution in [2.45, 2.75) is 44.2 Å². The van der Waals surface area contributed by atoms with Gasteiger partial charge in [-0.2, -0.15) is 0 Å². The maximum absolute atomic E-state index is 13.1. The van der Waals surface area contributed by atoms with E-state index in [0.29, 0.717) is 35.4 Å². The minimum atomic E-state index is -0.284. The first kappa shape index (κ1) is 24.0. The van der Waals surface area contributed by atoms with Crippen LogP contribution in [-0.4, -0.2) is 49.6 Å². The summed E-state index contributed by atoms with van der Waals surface area (Å²) in [6.45, 7) is 1.04. The number of nitrogens with zero attached hydrogens (tertiary/aromatic N) is 2. The molecule has 176 valence electrons. The van der Waals surface area contributed by atoms with Gasteiger partial charge in [-0.1, -0.05) is 33.6 Å². The molecule has 1 saturated carbocycles. The van der Waals surface area contributed by atoms with Gasteiger partial charge in [-0.25, -0.2) is 4.99 Å². The largest absolute Gasteiger partial charge is 0.496 e. The zero-order chi connectivity index (χ0) is 23.5. The van der Waals surface area contributed by atoms with Crippen molar-refractivity contribution < 1.29 is 9.53 Å². The van der Waals surface area contributed by atoms with Gasteiger partial charge >= 0.3 is 0 Å². The van der Waals surface area contributed by atoms with Crippen LogP contribution in [0.15, 0.2) is 45.9 Å². The minimum Gasteiger partial charge on any atom is -0.496 e. The first-order valence-electron chi connectivity index (χ1n) is 11.3. The Kier molecular flexibility index (Phi) is 7.62. The Balaban J connectivity index is 1.47. The Bertz CT molecular complexity index is 1060. The van der Waals surface area contributed by atoms with Crippen LogP contribution < -0.4 is 15.8 Å². The molecule has 0 spiro atoms. The number of guanidine groups is 1. The Morgan fingerprint density at radius 1 is 1.30 bits per heavy atom. The summed E-state index contributed by atoms with van der Waals surface area (Å²) >= 11 is 10.0. The second-order valence-corrected chi connectivity index (χ2v) is 10.2. The number of rotatable bonds is 6. The number of carbonyl (C=O) groups excluding carboxylic acids is 1. The molecule has 2 aliphatic heterocycles. The Labute approximate surface area is 208 Å². The van der Waals surface area contributed by atoms with Crippen molar-refractivity contribution in [1.29, 1.82) is 0 Å². The van der Waals surface area contributed by atoms with Gasteiger partial charge in [0, 0.05) is 27.6 Å². The fourth-order valence-electron chi connectivity index (χ4n) is 5.10. The molecule has 0 aromatic heterocycles. The molecule has 1 amide bonds. The number of aryl methyl sites for hydroxylation is 1. The number of nitrogens with one attached hydrogen (secondary N) is 1. The lowest BCUT2D eigenvalue weighted by molar-refractivity contribution is 0.0562. The predicted octanol–water partition coefficient (Wildman–Crippen LogP) is 4.42. The van der Waals surface area contributed by atoms with Crippen molar-refractivity contribution in [2.24, 2.45) is 16.6 Å². The van der Waals surface area contributed by atoms with Crippen LogP contribution in [0.1, 0.15) is 40.7 Å². The van der Waals surface area contributed by atoms with E-state index in [4.69, 9.17) is 22.1 Å². The highest BCUT2D eigenvalue weighted by atomic mass is 79.9. The monoisotopic (exact) mass is 532 g/mol. The Morgan fingerprint density at radius 3 is 2.82 bits per heavy atom. The van der Waals surface area contributed by atoms with E-state index in [1.165, 1.54) is 12.8 Å². The number of piperidine rings is 2. The van der Waals surface area contributed by atoms with Crippen LogP contribution in [-0.2, 0) is 12.8 Å². The molecule has 3 atom stereocenters. The molecule has 2 aromatic carbocycles. The van der Waals surface area contributed by atoms with Gasteiger partial charge in [-0.05, 0) is 86.5 Å². The standard InChI is InChI=1S/C25H30BrClN4O2/c1-31-14-16-6-9-18(31)13-22(16)29-25(28)30-24(32)20-4-3-5-21(27)19(20)10-7-15-12-17(26)8-11-23(15)33-2/h3-5,8,11-12,16,18,22H,6-7,9-10,13-14H2,1-2H3,(H3,28,29,30,32)/t16-,18?,22?/m1/s1. The summed E-state index contributed by atoms with van der Waals surface area (Å²) in [6, 6.07) is 12.0. The first-order valence-corrected chi connectivity index (χ1v) is 12.5. The van der Waals surface area contributed by atoms with Crippen molar-refractivity contribution in [3.63, 3.8) is 0 Å². The summed E-state index contributed by atoms with van der Waals surface area (Å²) in [5.41, 5.74) is 8.50. The molecule has 0 radical (unpaired) electrons. The number of hydrogen-bond acceptors (Lipinski definition) is 4. The average Bonchev–Trinajstić information content (AvgIpc) is 2.79. The van der Waals surface area contributed by atoms with Gasteiger partial charge in [0.05, 0.1) is 13.2 Å². The van der Waals surface area contributed by atoms with Crippen molar-refractivity contribution >= 4 is 39.4 Å². The van der Waals surface area contributed by atoms with Crippen LogP contribution in [0.5, 0.6) is 5.75 Å². The van der Waals surface area contributed by atoms with E-state index in [2.05, 4.69) is 38.2 Å². The molecule has 8 heteroatoms. The molecule has 2 heterocycles. The van der Waals surface area contributed by atoms with Crippen LogP contribution in [0.4, 0.5) is 0 Å². The van der Waals surface area contributed by atoms with Crippen LogP contribution in [0.25, 0.3) is 0 Å². The summed E-state index contributed by atoms with van der Waals surface area (Å²) in [4.78, 5) is 20.2. The molecule has 2 saturated heterocycles. The maximum Gasteiger partial charge on any atom is 0.258 e. The number of ether oxygens (including phenoxy) is 1. The van der Waals surface area contributed by atoms with E-state index < -0.39 is 0 Å². The van der Waals surface area contributed by atoms with Crippen molar-refractivity contribution in [1.82, 2.24) is 10.2 Å². The van der Waals surface area contributed by atoms with Crippen LogP contribution in [0.2, 0.25) is 5.02 Å². The second-order valence-electron chi connectivity index (χ2n) is 8.92. The fraction of sp³-hybridized carbons (Fsp3) is 0.440. The highest BCUT2D eigenvalue weighted by molar-refractivity contribution is 9.10. The molecule has 2 unspecified atom stereocenters. The topological polar surface area (TPSA) is 79.9 Å². The maximum atomic E-state index is 13.1. The first-order chi connectivity index (χ1) is 15.9. The summed E-state index contributed by atoms with van der Waals surface area (Å²) in [6.07, 6.45) is 4.64. The van der Waals surface area contributed by atoms with Gasteiger partial charge in [-0.15, -0.1) is 0 Å². The SMILES string of the molecule is COc1ccc(Br)cc1CCc1c(Cl)cccc1C(=O)NC(N)=NC1CC2CC[C@@H]1CN2C. The summed E-state index contributed by atoms with van der Waals surface area (Å²) in [5.74, 6) is 1.20. The third-order valence-corrected chi connectivity index (χ3v) is 7.72. The van der Waals surface area contributed by atoms with Crippen molar-refractivity contribution in [3.8, 4) is 5.75 Å². The molecule has 5 rings (SSSR count). The number of methoxy groups -OCH3 is 1. The zero-order valence-electron chi connectivity index (χ0n) is 19.0. The lowest BCUT2D eigenvalue weighted by atomic mass is 9.77. The van der Waals surface area contributed by atoms with E-state index in [9.17, 15) is 4.79 Å². The van der Waals surface area contributed by atoms with Gasteiger partial charge in [0.25, 0.3) is 5.91 Å². The van der Waals surface area contributed by atoms with Gasteiger partial charge in [-0.3, -0.25) is 10.1 Å². The summed E-state index contributed by atoms with van der Waals surface area (Å²) in [7, 11) is 3.83. The summed E-state index contributed by atoms with van der Waals surface area (Å²) in [5, 5.41) is 3.35. The second kappa shape index (κ2) is 10.5. The number of aliphatic imine (C=N–C) groups is 1. The third kappa shape index (κ3) is 5.53. The molecule has 1 aliphatic carbocycles.